The second-order valence-corrected chi connectivity index (χ2v) is 9.75. The number of amides is 2. The maximum absolute atomic E-state index is 13.1. The van der Waals surface area contributed by atoms with Gasteiger partial charge in [-0.2, -0.15) is 0 Å². The number of anilines is 2. The standard InChI is InChI=1S/C27H36N4O2/c1-19-14-20(2)16-23(15-19)27(33)31-9-5-6-22(18-31)26(32)28-25-8-7-24(17-21(25)3)30-12-10-29(4)11-13-30/h7-8,14-17,22H,5-6,9-13,18H2,1-4H3,(H,28,32). The molecule has 2 heterocycles. The second-order valence-electron chi connectivity index (χ2n) is 9.75. The summed E-state index contributed by atoms with van der Waals surface area (Å²) in [5.74, 6) is -0.166. The highest BCUT2D eigenvalue weighted by Gasteiger charge is 2.29. The molecule has 1 unspecified atom stereocenters. The fourth-order valence-corrected chi connectivity index (χ4v) is 4.94. The molecule has 6 nitrogen and oxygen atoms in total. The molecule has 0 aromatic heterocycles. The van der Waals surface area contributed by atoms with Gasteiger partial charge < -0.3 is 20.0 Å². The van der Waals surface area contributed by atoms with E-state index in [1.165, 1.54) is 5.69 Å². The van der Waals surface area contributed by atoms with Crippen LogP contribution in [0.3, 0.4) is 0 Å². The van der Waals surface area contributed by atoms with Gasteiger partial charge in [-0.1, -0.05) is 17.2 Å². The molecule has 1 atom stereocenters. The Balaban J connectivity index is 1.39. The first-order valence-electron chi connectivity index (χ1n) is 12.0. The maximum atomic E-state index is 13.1. The average Bonchev–Trinajstić information content (AvgIpc) is 2.80. The number of likely N-dealkylation sites (N-methyl/N-ethyl adjacent to an activating group) is 1. The Bertz CT molecular complexity index is 1010. The van der Waals surface area contributed by atoms with Crippen LogP contribution in [0.15, 0.2) is 36.4 Å². The lowest BCUT2D eigenvalue weighted by Crippen LogP contribution is -2.44. The number of nitrogens with zero attached hydrogens (tertiary/aromatic N) is 3. The predicted octanol–water partition coefficient (Wildman–Crippen LogP) is 3.85. The molecule has 0 aliphatic carbocycles. The molecular weight excluding hydrogens is 412 g/mol. The number of hydrogen-bond donors (Lipinski definition) is 1. The maximum Gasteiger partial charge on any atom is 0.253 e. The van der Waals surface area contributed by atoms with E-state index in [1.54, 1.807) is 0 Å². The molecule has 2 saturated heterocycles. The highest BCUT2D eigenvalue weighted by molar-refractivity contribution is 5.97. The van der Waals surface area contributed by atoms with Gasteiger partial charge in [0.25, 0.3) is 5.91 Å². The van der Waals surface area contributed by atoms with Crippen molar-refractivity contribution in [3.05, 3.63) is 58.7 Å². The monoisotopic (exact) mass is 448 g/mol. The number of benzene rings is 2. The van der Waals surface area contributed by atoms with Crippen molar-refractivity contribution in [1.29, 1.82) is 0 Å². The zero-order chi connectivity index (χ0) is 23.5. The van der Waals surface area contributed by atoms with E-state index in [1.807, 2.05) is 43.9 Å². The summed E-state index contributed by atoms with van der Waals surface area (Å²) in [6, 6.07) is 12.2. The Morgan fingerprint density at radius 3 is 2.27 bits per heavy atom. The highest BCUT2D eigenvalue weighted by atomic mass is 16.2. The Hall–Kier alpha value is -2.86. The van der Waals surface area contributed by atoms with Crippen LogP contribution in [0.25, 0.3) is 0 Å². The van der Waals surface area contributed by atoms with Gasteiger partial charge in [0.2, 0.25) is 5.91 Å². The number of carbonyl (C=O) groups excluding carboxylic acids is 2. The zero-order valence-corrected chi connectivity index (χ0v) is 20.4. The minimum Gasteiger partial charge on any atom is -0.369 e. The van der Waals surface area contributed by atoms with E-state index in [4.69, 9.17) is 0 Å². The first-order valence-corrected chi connectivity index (χ1v) is 12.0. The Morgan fingerprint density at radius 1 is 0.909 bits per heavy atom. The largest absolute Gasteiger partial charge is 0.369 e. The van der Waals surface area contributed by atoms with Crippen LogP contribution in [-0.4, -0.2) is 67.9 Å². The summed E-state index contributed by atoms with van der Waals surface area (Å²) in [6.45, 7) is 11.4. The number of hydrogen-bond acceptors (Lipinski definition) is 4. The SMILES string of the molecule is Cc1cc(C)cc(C(=O)N2CCCC(C(=O)Nc3ccc(N4CCN(C)CC4)cc3C)C2)c1. The molecule has 33 heavy (non-hydrogen) atoms. The lowest BCUT2D eigenvalue weighted by atomic mass is 9.95. The van der Waals surface area contributed by atoms with E-state index in [0.717, 1.165) is 61.4 Å². The molecule has 2 fully saturated rings. The van der Waals surface area contributed by atoms with Crippen LogP contribution in [0, 0.1) is 26.7 Å². The average molecular weight is 449 g/mol. The van der Waals surface area contributed by atoms with E-state index in [2.05, 4.69) is 40.4 Å². The van der Waals surface area contributed by atoms with E-state index >= 15 is 0 Å². The van der Waals surface area contributed by atoms with Crippen molar-refractivity contribution in [2.75, 3.05) is 56.5 Å². The number of piperazine rings is 1. The number of likely N-dealkylation sites (tertiary alicyclic amines) is 1. The minimum absolute atomic E-state index is 0.00312. The van der Waals surface area contributed by atoms with Crippen LogP contribution in [0.4, 0.5) is 11.4 Å². The molecule has 1 N–H and O–H groups in total. The van der Waals surface area contributed by atoms with Crippen molar-refractivity contribution in [3.8, 4) is 0 Å². The first-order chi connectivity index (χ1) is 15.8. The summed E-state index contributed by atoms with van der Waals surface area (Å²) in [6.07, 6.45) is 1.65. The fourth-order valence-electron chi connectivity index (χ4n) is 4.94. The lowest BCUT2D eigenvalue weighted by Gasteiger charge is -2.34. The summed E-state index contributed by atoms with van der Waals surface area (Å²) >= 11 is 0. The predicted molar refractivity (Wildman–Crippen MR) is 134 cm³/mol. The summed E-state index contributed by atoms with van der Waals surface area (Å²) in [7, 11) is 2.16. The number of carbonyl (C=O) groups is 2. The van der Waals surface area contributed by atoms with E-state index in [9.17, 15) is 9.59 Å². The molecule has 0 saturated carbocycles. The number of aryl methyl sites for hydroxylation is 3. The Labute approximate surface area is 197 Å². The molecular formula is C27H36N4O2. The fraction of sp³-hybridized carbons (Fsp3) is 0.481. The lowest BCUT2D eigenvalue weighted by molar-refractivity contribution is -0.121. The zero-order valence-electron chi connectivity index (χ0n) is 20.4. The van der Waals surface area contributed by atoms with Gasteiger partial charge in [-0.15, -0.1) is 0 Å². The van der Waals surface area contributed by atoms with Crippen LogP contribution in [0.5, 0.6) is 0 Å². The van der Waals surface area contributed by atoms with Gasteiger partial charge in [-0.05, 0) is 76.6 Å². The second kappa shape index (κ2) is 9.96. The summed E-state index contributed by atoms with van der Waals surface area (Å²) in [4.78, 5) is 32.8. The number of rotatable bonds is 4. The van der Waals surface area contributed by atoms with E-state index in [0.29, 0.717) is 18.7 Å². The van der Waals surface area contributed by atoms with Crippen molar-refractivity contribution in [3.63, 3.8) is 0 Å². The molecule has 176 valence electrons. The Morgan fingerprint density at radius 2 is 1.61 bits per heavy atom. The summed E-state index contributed by atoms with van der Waals surface area (Å²) < 4.78 is 0. The molecule has 4 rings (SSSR count). The molecule has 2 aromatic rings. The third kappa shape index (κ3) is 5.56. The smallest absolute Gasteiger partial charge is 0.253 e. The van der Waals surface area contributed by atoms with E-state index in [-0.39, 0.29) is 17.7 Å². The molecule has 6 heteroatoms. The molecule has 2 aliphatic heterocycles. The molecule has 2 aromatic carbocycles. The van der Waals surface area contributed by atoms with Crippen molar-refractivity contribution >= 4 is 23.2 Å². The number of nitrogens with one attached hydrogen (secondary N) is 1. The topological polar surface area (TPSA) is 55.9 Å². The van der Waals surface area contributed by atoms with Crippen molar-refractivity contribution < 1.29 is 9.59 Å². The normalized spacial score (nSPS) is 19.5. The van der Waals surface area contributed by atoms with Crippen LogP contribution < -0.4 is 10.2 Å². The minimum atomic E-state index is -0.190. The van der Waals surface area contributed by atoms with Crippen molar-refractivity contribution in [2.45, 2.75) is 33.6 Å². The molecule has 0 spiro atoms. The molecule has 2 amide bonds. The van der Waals surface area contributed by atoms with Gasteiger partial charge in [0.05, 0.1) is 5.92 Å². The van der Waals surface area contributed by atoms with Gasteiger partial charge >= 0.3 is 0 Å². The molecule has 0 radical (unpaired) electrons. The Kier molecular flexibility index (Phi) is 7.03. The van der Waals surface area contributed by atoms with Crippen molar-refractivity contribution in [2.24, 2.45) is 5.92 Å². The van der Waals surface area contributed by atoms with Gasteiger partial charge in [0.1, 0.15) is 0 Å². The van der Waals surface area contributed by atoms with Gasteiger partial charge in [-0.3, -0.25) is 9.59 Å². The summed E-state index contributed by atoms with van der Waals surface area (Å²) in [5.41, 5.74) is 6.01. The van der Waals surface area contributed by atoms with Crippen LogP contribution >= 0.6 is 0 Å². The van der Waals surface area contributed by atoms with Crippen molar-refractivity contribution in [1.82, 2.24) is 9.80 Å². The van der Waals surface area contributed by atoms with Crippen LogP contribution in [-0.2, 0) is 4.79 Å². The van der Waals surface area contributed by atoms with Gasteiger partial charge in [0.15, 0.2) is 0 Å². The molecule has 0 bridgehead atoms. The van der Waals surface area contributed by atoms with Gasteiger partial charge in [0, 0.05) is 56.2 Å². The first kappa shape index (κ1) is 23.3. The van der Waals surface area contributed by atoms with E-state index < -0.39 is 0 Å². The van der Waals surface area contributed by atoms with Crippen LogP contribution in [0.2, 0.25) is 0 Å². The summed E-state index contributed by atoms with van der Waals surface area (Å²) in [5, 5.41) is 3.13. The third-order valence-corrected chi connectivity index (χ3v) is 6.88. The van der Waals surface area contributed by atoms with Crippen LogP contribution in [0.1, 0.15) is 39.9 Å². The number of piperidine rings is 1. The third-order valence-electron chi connectivity index (χ3n) is 6.88. The van der Waals surface area contributed by atoms with Gasteiger partial charge in [-0.25, -0.2) is 0 Å². The quantitative estimate of drug-likeness (QED) is 0.772. The molecule has 2 aliphatic rings. The highest BCUT2D eigenvalue weighted by Crippen LogP contribution is 2.26.